The highest BCUT2D eigenvalue weighted by molar-refractivity contribution is 6.04. The lowest BCUT2D eigenvalue weighted by atomic mass is 10.0. The van der Waals surface area contributed by atoms with E-state index in [-0.39, 0.29) is 11.7 Å². The van der Waals surface area contributed by atoms with E-state index in [0.29, 0.717) is 56.8 Å². The third kappa shape index (κ3) is 2.89. The first-order valence-corrected chi connectivity index (χ1v) is 8.21. The average molecular weight is 334 g/mol. The van der Waals surface area contributed by atoms with Crippen LogP contribution in [0.25, 0.3) is 0 Å². The molecule has 3 aliphatic heterocycles. The molecule has 1 aromatic carbocycles. The Morgan fingerprint density at radius 1 is 1.25 bits per heavy atom. The van der Waals surface area contributed by atoms with Crippen LogP contribution in [0, 0.1) is 5.82 Å². The van der Waals surface area contributed by atoms with Crippen LogP contribution in [-0.2, 0) is 19.1 Å². The number of carbonyl (C=O) groups is 1. The molecule has 0 aromatic heterocycles. The molecule has 6 nitrogen and oxygen atoms in total. The fourth-order valence-corrected chi connectivity index (χ4v) is 3.41. The number of hydrogen-bond acceptors (Lipinski definition) is 5. The Kier molecular flexibility index (Phi) is 3.97. The Hall–Kier alpha value is -1.99. The second kappa shape index (κ2) is 6.14. The standard InChI is InChI=1S/C17H19FN2O4/c18-13-3-1-2-12(10-13)14-11-15(24-19-14)16(21)20-6-4-17(5-7-20)22-8-9-23-17/h1-3,10,15H,4-9,11H2. The Bertz CT molecular complexity index is 662. The summed E-state index contributed by atoms with van der Waals surface area (Å²) in [5.41, 5.74) is 1.25. The monoisotopic (exact) mass is 334 g/mol. The van der Waals surface area contributed by atoms with Gasteiger partial charge < -0.3 is 19.2 Å². The molecule has 1 aromatic rings. The number of rotatable bonds is 2. The Morgan fingerprint density at radius 3 is 2.71 bits per heavy atom. The van der Waals surface area contributed by atoms with E-state index >= 15 is 0 Å². The van der Waals surface area contributed by atoms with E-state index in [1.54, 1.807) is 17.0 Å². The van der Waals surface area contributed by atoms with Crippen LogP contribution in [0.1, 0.15) is 24.8 Å². The van der Waals surface area contributed by atoms with Crippen molar-refractivity contribution < 1.29 is 23.5 Å². The van der Waals surface area contributed by atoms with Gasteiger partial charge in [0.1, 0.15) is 5.82 Å². The van der Waals surface area contributed by atoms with Crippen LogP contribution in [-0.4, -0.2) is 54.7 Å². The molecule has 3 aliphatic rings. The first-order valence-electron chi connectivity index (χ1n) is 8.21. The molecular weight excluding hydrogens is 315 g/mol. The molecule has 7 heteroatoms. The van der Waals surface area contributed by atoms with Crippen molar-refractivity contribution in [3.63, 3.8) is 0 Å². The van der Waals surface area contributed by atoms with Crippen molar-refractivity contribution >= 4 is 11.6 Å². The number of ether oxygens (including phenoxy) is 2. The van der Waals surface area contributed by atoms with Gasteiger partial charge in [0.25, 0.3) is 5.91 Å². The second-order valence-corrected chi connectivity index (χ2v) is 6.28. The molecule has 3 heterocycles. The maximum atomic E-state index is 13.3. The van der Waals surface area contributed by atoms with E-state index in [2.05, 4.69) is 5.16 Å². The smallest absolute Gasteiger partial charge is 0.266 e. The molecule has 0 bridgehead atoms. The van der Waals surface area contributed by atoms with Crippen LogP contribution in [0.2, 0.25) is 0 Å². The van der Waals surface area contributed by atoms with Gasteiger partial charge in [0.2, 0.25) is 6.10 Å². The van der Waals surface area contributed by atoms with Crippen molar-refractivity contribution in [2.45, 2.75) is 31.2 Å². The minimum atomic E-state index is -0.636. The number of oxime groups is 1. The van der Waals surface area contributed by atoms with Crippen LogP contribution >= 0.6 is 0 Å². The predicted octanol–water partition coefficient (Wildman–Crippen LogP) is 1.68. The number of likely N-dealkylation sites (tertiary alicyclic amines) is 1. The molecule has 0 aliphatic carbocycles. The largest absolute Gasteiger partial charge is 0.382 e. The predicted molar refractivity (Wildman–Crippen MR) is 82.9 cm³/mol. The minimum absolute atomic E-state index is 0.0852. The van der Waals surface area contributed by atoms with E-state index < -0.39 is 11.9 Å². The normalized spacial score (nSPS) is 25.6. The van der Waals surface area contributed by atoms with Gasteiger partial charge in [0, 0.05) is 37.9 Å². The fraction of sp³-hybridized carbons (Fsp3) is 0.529. The quantitative estimate of drug-likeness (QED) is 0.826. The van der Waals surface area contributed by atoms with Crippen molar-refractivity contribution in [1.29, 1.82) is 0 Å². The van der Waals surface area contributed by atoms with Crippen molar-refractivity contribution in [1.82, 2.24) is 4.90 Å². The molecular formula is C17H19FN2O4. The lowest BCUT2D eigenvalue weighted by Crippen LogP contribution is -2.50. The van der Waals surface area contributed by atoms with Gasteiger partial charge in [0.05, 0.1) is 18.9 Å². The van der Waals surface area contributed by atoms with Gasteiger partial charge in [0.15, 0.2) is 5.79 Å². The van der Waals surface area contributed by atoms with E-state index in [4.69, 9.17) is 14.3 Å². The molecule has 1 amide bonds. The lowest BCUT2D eigenvalue weighted by molar-refractivity contribution is -0.189. The first kappa shape index (κ1) is 15.5. The van der Waals surface area contributed by atoms with Crippen molar-refractivity contribution in [3.05, 3.63) is 35.6 Å². The number of benzene rings is 1. The minimum Gasteiger partial charge on any atom is -0.382 e. The Balaban J connectivity index is 1.35. The van der Waals surface area contributed by atoms with Gasteiger partial charge in [-0.15, -0.1) is 0 Å². The summed E-state index contributed by atoms with van der Waals surface area (Å²) in [6.45, 7) is 2.39. The zero-order valence-electron chi connectivity index (χ0n) is 13.2. The fourth-order valence-electron chi connectivity index (χ4n) is 3.41. The van der Waals surface area contributed by atoms with Gasteiger partial charge in [-0.2, -0.15) is 0 Å². The second-order valence-electron chi connectivity index (χ2n) is 6.28. The summed E-state index contributed by atoms with van der Waals surface area (Å²) in [7, 11) is 0. The first-order chi connectivity index (χ1) is 11.7. The van der Waals surface area contributed by atoms with Gasteiger partial charge in [-0.3, -0.25) is 4.79 Å². The number of hydrogen-bond donors (Lipinski definition) is 0. The van der Waals surface area contributed by atoms with Gasteiger partial charge in [-0.05, 0) is 12.1 Å². The average Bonchev–Trinajstić information content (AvgIpc) is 3.25. The van der Waals surface area contributed by atoms with Gasteiger partial charge in [-0.1, -0.05) is 17.3 Å². The van der Waals surface area contributed by atoms with E-state index in [0.717, 1.165) is 0 Å². The third-order valence-electron chi connectivity index (χ3n) is 4.75. The number of carbonyl (C=O) groups excluding carboxylic acids is 1. The number of nitrogens with zero attached hydrogens (tertiary/aromatic N) is 2. The number of amides is 1. The maximum absolute atomic E-state index is 13.3. The summed E-state index contributed by atoms with van der Waals surface area (Å²) < 4.78 is 24.7. The molecule has 1 atom stereocenters. The highest BCUT2D eigenvalue weighted by Crippen LogP contribution is 2.32. The zero-order chi connectivity index (χ0) is 16.6. The van der Waals surface area contributed by atoms with Crippen LogP contribution in [0.3, 0.4) is 0 Å². The summed E-state index contributed by atoms with van der Waals surface area (Å²) in [4.78, 5) is 19.7. The molecule has 2 fully saturated rings. The van der Waals surface area contributed by atoms with Crippen molar-refractivity contribution in [2.75, 3.05) is 26.3 Å². The number of halogens is 1. The maximum Gasteiger partial charge on any atom is 0.266 e. The summed E-state index contributed by atoms with van der Waals surface area (Å²) in [6.07, 6.45) is 1.06. The van der Waals surface area contributed by atoms with Crippen LogP contribution in [0.5, 0.6) is 0 Å². The van der Waals surface area contributed by atoms with Crippen LogP contribution < -0.4 is 0 Å². The molecule has 0 radical (unpaired) electrons. The highest BCUT2D eigenvalue weighted by atomic mass is 19.1. The SMILES string of the molecule is O=C(C1CC(c2cccc(F)c2)=NO1)N1CCC2(CC1)OCCO2. The molecule has 1 spiro atoms. The van der Waals surface area contributed by atoms with Crippen molar-refractivity contribution in [2.24, 2.45) is 5.16 Å². The Morgan fingerprint density at radius 2 is 2.00 bits per heavy atom. The summed E-state index contributed by atoms with van der Waals surface area (Å²) >= 11 is 0. The van der Waals surface area contributed by atoms with Crippen LogP contribution in [0.15, 0.2) is 29.4 Å². The molecule has 4 rings (SSSR count). The highest BCUT2D eigenvalue weighted by Gasteiger charge is 2.42. The van der Waals surface area contributed by atoms with Gasteiger partial charge in [-0.25, -0.2) is 4.39 Å². The lowest BCUT2D eigenvalue weighted by Gasteiger charge is -2.38. The van der Waals surface area contributed by atoms with E-state index in [1.165, 1.54) is 12.1 Å². The Labute approximate surface area is 139 Å². The van der Waals surface area contributed by atoms with E-state index in [1.807, 2.05) is 0 Å². The molecule has 0 N–H and O–H groups in total. The molecule has 0 saturated carbocycles. The van der Waals surface area contributed by atoms with Crippen LogP contribution in [0.4, 0.5) is 4.39 Å². The third-order valence-corrected chi connectivity index (χ3v) is 4.75. The zero-order valence-corrected chi connectivity index (χ0v) is 13.2. The summed E-state index contributed by atoms with van der Waals surface area (Å²) in [5.74, 6) is -0.919. The molecule has 2 saturated heterocycles. The van der Waals surface area contributed by atoms with Gasteiger partial charge >= 0.3 is 0 Å². The topological polar surface area (TPSA) is 60.4 Å². The summed E-state index contributed by atoms with van der Waals surface area (Å²) in [5, 5.41) is 3.97. The molecule has 1 unspecified atom stereocenters. The van der Waals surface area contributed by atoms with E-state index in [9.17, 15) is 9.18 Å². The molecule has 24 heavy (non-hydrogen) atoms. The van der Waals surface area contributed by atoms with Crippen molar-refractivity contribution in [3.8, 4) is 0 Å². The molecule has 128 valence electrons. The number of piperidine rings is 1. The summed E-state index contributed by atoms with van der Waals surface area (Å²) in [6, 6.07) is 6.15.